The van der Waals surface area contributed by atoms with Crippen LogP contribution < -0.4 is 10.6 Å². The van der Waals surface area contributed by atoms with Crippen LogP contribution in [0.5, 0.6) is 0 Å². The number of aryl methyl sites for hydroxylation is 2. The monoisotopic (exact) mass is 346 g/mol. The fourth-order valence-corrected chi connectivity index (χ4v) is 2.41. The van der Waals surface area contributed by atoms with E-state index in [1.54, 1.807) is 31.2 Å². The second-order valence-electron chi connectivity index (χ2n) is 5.87. The van der Waals surface area contributed by atoms with E-state index in [1.807, 2.05) is 31.2 Å². The molecule has 3 rings (SSSR count). The summed E-state index contributed by atoms with van der Waals surface area (Å²) in [7, 11) is 0. The Balaban J connectivity index is 1.80. The van der Waals surface area contributed by atoms with E-state index in [1.165, 1.54) is 12.4 Å². The average Bonchev–Trinajstić information content (AvgIpc) is 2.62. The lowest BCUT2D eigenvalue weighted by Crippen LogP contribution is -2.19. The van der Waals surface area contributed by atoms with Gasteiger partial charge >= 0.3 is 0 Å². The fraction of sp³-hybridized carbons (Fsp3) is 0.100. The highest BCUT2D eigenvalue weighted by molar-refractivity contribution is 6.12. The minimum absolute atomic E-state index is 0.185. The van der Waals surface area contributed by atoms with Gasteiger partial charge in [0.25, 0.3) is 11.8 Å². The zero-order valence-corrected chi connectivity index (χ0v) is 14.5. The van der Waals surface area contributed by atoms with Crippen molar-refractivity contribution in [3.8, 4) is 0 Å². The summed E-state index contributed by atoms with van der Waals surface area (Å²) in [4.78, 5) is 33.1. The summed E-state index contributed by atoms with van der Waals surface area (Å²) in [5.41, 5.74) is 3.42. The second kappa shape index (κ2) is 7.57. The molecule has 130 valence electrons. The number of hydrogen-bond acceptors (Lipinski definition) is 4. The maximum absolute atomic E-state index is 12.6. The number of rotatable bonds is 4. The lowest BCUT2D eigenvalue weighted by atomic mass is 10.1. The summed E-state index contributed by atoms with van der Waals surface area (Å²) < 4.78 is 0. The maximum atomic E-state index is 12.6. The van der Waals surface area contributed by atoms with Gasteiger partial charge in [0.2, 0.25) is 0 Å². The normalized spacial score (nSPS) is 10.2. The van der Waals surface area contributed by atoms with E-state index in [2.05, 4.69) is 20.6 Å². The lowest BCUT2D eigenvalue weighted by Gasteiger charge is -2.11. The van der Waals surface area contributed by atoms with Gasteiger partial charge in [0.05, 0.1) is 23.1 Å². The Morgan fingerprint density at radius 3 is 2.38 bits per heavy atom. The number of benzene rings is 2. The molecule has 2 N–H and O–H groups in total. The van der Waals surface area contributed by atoms with Crippen molar-refractivity contribution in [1.82, 2.24) is 9.97 Å². The molecule has 0 spiro atoms. The van der Waals surface area contributed by atoms with E-state index in [-0.39, 0.29) is 11.6 Å². The smallest absolute Gasteiger partial charge is 0.275 e. The summed E-state index contributed by atoms with van der Waals surface area (Å²) in [6.07, 6.45) is 2.92. The molecule has 0 atom stereocenters. The van der Waals surface area contributed by atoms with E-state index in [0.29, 0.717) is 16.9 Å². The Morgan fingerprint density at radius 2 is 1.65 bits per heavy atom. The van der Waals surface area contributed by atoms with Crippen LogP contribution in [0.2, 0.25) is 0 Å². The molecule has 1 heterocycles. The van der Waals surface area contributed by atoms with Gasteiger partial charge in [-0.2, -0.15) is 0 Å². The van der Waals surface area contributed by atoms with Gasteiger partial charge in [-0.25, -0.2) is 4.98 Å². The number of aromatic nitrogens is 2. The van der Waals surface area contributed by atoms with Crippen molar-refractivity contribution in [2.75, 3.05) is 10.6 Å². The number of nitrogens with zero attached hydrogens (tertiary/aromatic N) is 2. The molecule has 1 aromatic heterocycles. The Morgan fingerprint density at radius 1 is 0.846 bits per heavy atom. The van der Waals surface area contributed by atoms with Crippen LogP contribution in [0.4, 0.5) is 11.4 Å². The average molecular weight is 346 g/mol. The molecule has 0 aliphatic heterocycles. The van der Waals surface area contributed by atoms with Gasteiger partial charge in [-0.3, -0.25) is 14.6 Å². The molecule has 3 aromatic rings. The van der Waals surface area contributed by atoms with E-state index >= 15 is 0 Å². The van der Waals surface area contributed by atoms with Crippen LogP contribution in [0.1, 0.15) is 32.1 Å². The number of nitrogens with one attached hydrogen (secondary N) is 2. The van der Waals surface area contributed by atoms with E-state index in [4.69, 9.17) is 0 Å². The SMILES string of the molecule is Cc1cccc(NC(=O)c2ccccc2NC(=O)c2cnc(C)cn2)c1. The van der Waals surface area contributed by atoms with Crippen molar-refractivity contribution < 1.29 is 9.59 Å². The number of amides is 2. The third-order valence-electron chi connectivity index (χ3n) is 3.71. The number of hydrogen-bond donors (Lipinski definition) is 2. The van der Waals surface area contributed by atoms with Crippen molar-refractivity contribution in [2.24, 2.45) is 0 Å². The van der Waals surface area contributed by atoms with E-state index < -0.39 is 5.91 Å². The number of carbonyl (C=O) groups excluding carboxylic acids is 2. The minimum atomic E-state index is -0.423. The predicted molar refractivity (Wildman–Crippen MR) is 100 cm³/mol. The second-order valence-corrected chi connectivity index (χ2v) is 5.87. The largest absolute Gasteiger partial charge is 0.322 e. The van der Waals surface area contributed by atoms with Gasteiger partial charge in [0.1, 0.15) is 5.69 Å². The lowest BCUT2D eigenvalue weighted by molar-refractivity contribution is 0.102. The van der Waals surface area contributed by atoms with Crippen LogP contribution in [0.3, 0.4) is 0 Å². The molecule has 2 amide bonds. The molecular formula is C20H18N4O2. The molecule has 0 saturated heterocycles. The van der Waals surface area contributed by atoms with Crippen molar-refractivity contribution in [3.63, 3.8) is 0 Å². The molecule has 0 aliphatic rings. The first kappa shape index (κ1) is 17.3. The highest BCUT2D eigenvalue weighted by Crippen LogP contribution is 2.18. The third kappa shape index (κ3) is 4.10. The standard InChI is InChI=1S/C20H18N4O2/c1-13-6-5-7-15(10-13)23-19(25)16-8-3-4-9-17(16)24-20(26)18-12-21-14(2)11-22-18/h3-12H,1-2H3,(H,23,25)(H,24,26). The van der Waals surface area contributed by atoms with Crippen LogP contribution in [0.25, 0.3) is 0 Å². The van der Waals surface area contributed by atoms with Gasteiger partial charge in [0, 0.05) is 11.9 Å². The number of anilines is 2. The molecular weight excluding hydrogens is 328 g/mol. The fourth-order valence-electron chi connectivity index (χ4n) is 2.41. The first-order valence-corrected chi connectivity index (χ1v) is 8.10. The van der Waals surface area contributed by atoms with Crippen LogP contribution in [-0.4, -0.2) is 21.8 Å². The Bertz CT molecular complexity index is 952. The molecule has 0 bridgehead atoms. The zero-order chi connectivity index (χ0) is 18.5. The van der Waals surface area contributed by atoms with Crippen molar-refractivity contribution >= 4 is 23.2 Å². The maximum Gasteiger partial charge on any atom is 0.275 e. The Hall–Kier alpha value is -3.54. The molecule has 6 nitrogen and oxygen atoms in total. The molecule has 0 radical (unpaired) electrons. The predicted octanol–water partition coefficient (Wildman–Crippen LogP) is 3.60. The Labute approximate surface area is 151 Å². The topological polar surface area (TPSA) is 84.0 Å². The van der Waals surface area contributed by atoms with Gasteiger partial charge in [-0.05, 0) is 43.7 Å². The number of carbonyl (C=O) groups is 2. The van der Waals surface area contributed by atoms with Crippen LogP contribution in [0, 0.1) is 13.8 Å². The van der Waals surface area contributed by atoms with Gasteiger partial charge in [0.15, 0.2) is 0 Å². The minimum Gasteiger partial charge on any atom is -0.322 e. The van der Waals surface area contributed by atoms with Crippen molar-refractivity contribution in [1.29, 1.82) is 0 Å². The van der Waals surface area contributed by atoms with Crippen LogP contribution in [0.15, 0.2) is 60.9 Å². The zero-order valence-electron chi connectivity index (χ0n) is 14.5. The summed E-state index contributed by atoms with van der Waals surface area (Å²) in [5.74, 6) is -0.727. The molecule has 0 fully saturated rings. The molecule has 0 saturated carbocycles. The van der Waals surface area contributed by atoms with E-state index in [0.717, 1.165) is 11.3 Å². The van der Waals surface area contributed by atoms with Gasteiger partial charge in [-0.1, -0.05) is 24.3 Å². The van der Waals surface area contributed by atoms with E-state index in [9.17, 15) is 9.59 Å². The van der Waals surface area contributed by atoms with Crippen molar-refractivity contribution in [3.05, 3.63) is 83.4 Å². The summed E-state index contributed by atoms with van der Waals surface area (Å²) in [6, 6.07) is 14.3. The quantitative estimate of drug-likeness (QED) is 0.756. The van der Waals surface area contributed by atoms with Gasteiger partial charge < -0.3 is 10.6 Å². The first-order chi connectivity index (χ1) is 12.5. The molecule has 26 heavy (non-hydrogen) atoms. The first-order valence-electron chi connectivity index (χ1n) is 8.10. The third-order valence-corrected chi connectivity index (χ3v) is 3.71. The van der Waals surface area contributed by atoms with Crippen LogP contribution >= 0.6 is 0 Å². The highest BCUT2D eigenvalue weighted by atomic mass is 16.2. The Kier molecular flexibility index (Phi) is 5.03. The summed E-state index contributed by atoms with van der Waals surface area (Å²) >= 11 is 0. The highest BCUT2D eigenvalue weighted by Gasteiger charge is 2.15. The van der Waals surface area contributed by atoms with Crippen LogP contribution in [-0.2, 0) is 0 Å². The van der Waals surface area contributed by atoms with Crippen molar-refractivity contribution in [2.45, 2.75) is 13.8 Å². The summed E-state index contributed by atoms with van der Waals surface area (Å²) in [6.45, 7) is 3.74. The molecule has 0 aliphatic carbocycles. The molecule has 0 unspecified atom stereocenters. The molecule has 6 heteroatoms. The van der Waals surface area contributed by atoms with Gasteiger partial charge in [-0.15, -0.1) is 0 Å². The number of para-hydroxylation sites is 1. The molecule has 2 aromatic carbocycles. The summed E-state index contributed by atoms with van der Waals surface area (Å²) in [5, 5.41) is 5.56.